The Morgan fingerprint density at radius 1 is 1.25 bits per heavy atom. The number of carbonyl (C=O) groups excluding carboxylic acids is 1. The van der Waals surface area contributed by atoms with E-state index in [-0.39, 0.29) is 17.0 Å². The Bertz CT molecular complexity index is 1220. The van der Waals surface area contributed by atoms with E-state index in [2.05, 4.69) is 20.4 Å². The summed E-state index contributed by atoms with van der Waals surface area (Å²) in [7, 11) is 0. The molecule has 0 aliphatic carbocycles. The van der Waals surface area contributed by atoms with Crippen LogP contribution in [0.1, 0.15) is 25.0 Å². The molecule has 3 heterocycles. The van der Waals surface area contributed by atoms with E-state index in [1.54, 1.807) is 24.3 Å². The Labute approximate surface area is 186 Å². The van der Waals surface area contributed by atoms with Gasteiger partial charge in [-0.1, -0.05) is 23.5 Å². The molecule has 0 saturated carbocycles. The third-order valence-corrected chi connectivity index (χ3v) is 5.78. The van der Waals surface area contributed by atoms with E-state index in [0.29, 0.717) is 16.5 Å². The molecule has 0 bridgehead atoms. The van der Waals surface area contributed by atoms with Gasteiger partial charge in [0, 0.05) is 36.9 Å². The number of aromatic nitrogens is 2. The molecule has 1 amide bonds. The lowest BCUT2D eigenvalue weighted by molar-refractivity contribution is -0.384. The van der Waals surface area contributed by atoms with Crippen LogP contribution < -0.4 is 10.2 Å². The molecule has 32 heavy (non-hydrogen) atoms. The fourth-order valence-electron chi connectivity index (χ4n) is 3.29. The van der Waals surface area contributed by atoms with Crippen molar-refractivity contribution in [3.63, 3.8) is 0 Å². The number of hydrogen-bond acceptors (Lipinski definition) is 9. The number of nitriles is 1. The van der Waals surface area contributed by atoms with Gasteiger partial charge in [-0.25, -0.2) is 0 Å². The van der Waals surface area contributed by atoms with E-state index in [1.807, 2.05) is 6.07 Å². The summed E-state index contributed by atoms with van der Waals surface area (Å²) in [5.41, 5.74) is 0.287. The number of non-ortho nitro benzene ring substituents is 1. The van der Waals surface area contributed by atoms with Gasteiger partial charge >= 0.3 is 0 Å². The Morgan fingerprint density at radius 2 is 2.06 bits per heavy atom. The normalized spacial score (nSPS) is 14.1. The molecule has 1 fully saturated rings. The lowest BCUT2D eigenvalue weighted by atomic mass is 10.1. The summed E-state index contributed by atoms with van der Waals surface area (Å²) in [5.74, 6) is 0.0274. The van der Waals surface area contributed by atoms with Crippen molar-refractivity contribution in [2.75, 3.05) is 23.3 Å². The molecule has 1 aliphatic heterocycles. The Hall–Kier alpha value is -4.04. The van der Waals surface area contributed by atoms with Gasteiger partial charge in [0.05, 0.1) is 4.92 Å². The zero-order chi connectivity index (χ0) is 22.5. The SMILES string of the molecule is N#CC(=Cc1ccc(-c2cccc([N+](=O)[O-])c2)o1)C(=O)Nc1nnc(N2CCCCC2)s1. The standard InChI is InChI=1S/C21H18N6O4S/c22-13-15(19(28)23-20-24-25-21(32-20)26-9-2-1-3-10-26)12-17-7-8-18(31-17)14-5-4-6-16(11-14)27(29)30/h4-8,11-12H,1-3,9-10H2,(H,23,24,28). The zero-order valence-corrected chi connectivity index (χ0v) is 17.7. The van der Waals surface area contributed by atoms with Crippen molar-refractivity contribution in [3.05, 3.63) is 57.8 Å². The van der Waals surface area contributed by atoms with E-state index >= 15 is 0 Å². The largest absolute Gasteiger partial charge is 0.457 e. The monoisotopic (exact) mass is 450 g/mol. The van der Waals surface area contributed by atoms with Gasteiger partial charge in [-0.2, -0.15) is 5.26 Å². The number of nitro benzene ring substituents is 1. The third-order valence-electron chi connectivity index (χ3n) is 4.88. The predicted octanol–water partition coefficient (Wildman–Crippen LogP) is 4.24. The smallest absolute Gasteiger partial charge is 0.270 e. The third kappa shape index (κ3) is 4.81. The number of hydrogen-bond donors (Lipinski definition) is 1. The topological polar surface area (TPSA) is 138 Å². The fraction of sp³-hybridized carbons (Fsp3) is 0.238. The Balaban J connectivity index is 1.47. The van der Waals surface area contributed by atoms with Gasteiger partial charge in [-0.3, -0.25) is 20.2 Å². The minimum absolute atomic E-state index is 0.0611. The summed E-state index contributed by atoms with van der Waals surface area (Å²) in [4.78, 5) is 25.1. The highest BCUT2D eigenvalue weighted by Crippen LogP contribution is 2.28. The van der Waals surface area contributed by atoms with Crippen LogP contribution in [0.25, 0.3) is 17.4 Å². The lowest BCUT2D eigenvalue weighted by Crippen LogP contribution is -2.29. The summed E-state index contributed by atoms with van der Waals surface area (Å²) in [6, 6.07) is 11.1. The molecule has 1 N–H and O–H groups in total. The van der Waals surface area contributed by atoms with Crippen LogP contribution in [-0.4, -0.2) is 34.1 Å². The van der Waals surface area contributed by atoms with E-state index < -0.39 is 10.8 Å². The van der Waals surface area contributed by atoms with Crippen LogP contribution >= 0.6 is 11.3 Å². The minimum Gasteiger partial charge on any atom is -0.457 e. The van der Waals surface area contributed by atoms with Crippen molar-refractivity contribution in [2.45, 2.75) is 19.3 Å². The van der Waals surface area contributed by atoms with Crippen molar-refractivity contribution in [1.29, 1.82) is 5.26 Å². The Kier molecular flexibility index (Phi) is 6.23. The highest BCUT2D eigenvalue weighted by molar-refractivity contribution is 7.19. The van der Waals surface area contributed by atoms with Gasteiger partial charge in [0.1, 0.15) is 23.2 Å². The molecule has 1 aliphatic rings. The molecular weight excluding hydrogens is 432 g/mol. The molecule has 162 valence electrons. The second kappa shape index (κ2) is 9.40. The maximum Gasteiger partial charge on any atom is 0.270 e. The predicted molar refractivity (Wildman–Crippen MR) is 119 cm³/mol. The first-order chi connectivity index (χ1) is 15.5. The molecule has 0 unspecified atom stereocenters. The van der Waals surface area contributed by atoms with Crippen LogP contribution in [-0.2, 0) is 4.79 Å². The van der Waals surface area contributed by atoms with Crippen molar-refractivity contribution in [3.8, 4) is 17.4 Å². The first-order valence-electron chi connectivity index (χ1n) is 9.90. The molecule has 4 rings (SSSR count). The average Bonchev–Trinajstić information content (AvgIpc) is 3.48. The molecule has 0 atom stereocenters. The van der Waals surface area contributed by atoms with Crippen molar-refractivity contribution in [1.82, 2.24) is 10.2 Å². The fourth-order valence-corrected chi connectivity index (χ4v) is 4.08. The first-order valence-corrected chi connectivity index (χ1v) is 10.7. The molecule has 1 aromatic carbocycles. The number of anilines is 2. The van der Waals surface area contributed by atoms with Gasteiger partial charge < -0.3 is 9.32 Å². The van der Waals surface area contributed by atoms with E-state index in [9.17, 15) is 20.2 Å². The summed E-state index contributed by atoms with van der Waals surface area (Å²) in [6.07, 6.45) is 4.71. The second-order valence-corrected chi connectivity index (χ2v) is 8.03. The quantitative estimate of drug-likeness (QED) is 0.255. The number of rotatable bonds is 6. The number of benzene rings is 1. The van der Waals surface area contributed by atoms with Crippen LogP contribution in [0.2, 0.25) is 0 Å². The van der Waals surface area contributed by atoms with Crippen molar-refractivity contribution >= 4 is 39.3 Å². The molecule has 10 nitrogen and oxygen atoms in total. The van der Waals surface area contributed by atoms with E-state index in [4.69, 9.17) is 4.42 Å². The van der Waals surface area contributed by atoms with Gasteiger partial charge in [0.2, 0.25) is 10.3 Å². The molecule has 11 heteroatoms. The molecule has 1 saturated heterocycles. The highest BCUT2D eigenvalue weighted by Gasteiger charge is 2.18. The minimum atomic E-state index is -0.623. The summed E-state index contributed by atoms with van der Waals surface area (Å²) in [5, 5.41) is 32.2. The average molecular weight is 450 g/mol. The van der Waals surface area contributed by atoms with Crippen molar-refractivity contribution in [2.24, 2.45) is 0 Å². The summed E-state index contributed by atoms with van der Waals surface area (Å²) >= 11 is 1.26. The zero-order valence-electron chi connectivity index (χ0n) is 16.9. The van der Waals surface area contributed by atoms with E-state index in [0.717, 1.165) is 31.1 Å². The summed E-state index contributed by atoms with van der Waals surface area (Å²) in [6.45, 7) is 1.83. The van der Waals surface area contributed by atoms with Gasteiger partial charge in [0.25, 0.3) is 11.6 Å². The van der Waals surface area contributed by atoms with Gasteiger partial charge in [0.15, 0.2) is 0 Å². The van der Waals surface area contributed by atoms with E-state index in [1.165, 1.54) is 36.0 Å². The lowest BCUT2D eigenvalue weighted by Gasteiger charge is -2.25. The number of amides is 1. The van der Waals surface area contributed by atoms with Crippen LogP contribution in [0.4, 0.5) is 16.0 Å². The molecule has 2 aromatic heterocycles. The van der Waals surface area contributed by atoms with Gasteiger partial charge in [-0.15, -0.1) is 10.2 Å². The number of nitrogens with one attached hydrogen (secondary N) is 1. The number of carbonyl (C=O) groups is 1. The summed E-state index contributed by atoms with van der Waals surface area (Å²) < 4.78 is 5.66. The molecule has 0 spiro atoms. The van der Waals surface area contributed by atoms with Crippen LogP contribution in [0, 0.1) is 21.4 Å². The molecule has 3 aromatic rings. The highest BCUT2D eigenvalue weighted by atomic mass is 32.1. The number of nitro groups is 1. The number of piperidine rings is 1. The first kappa shape index (κ1) is 21.2. The number of nitrogens with zero attached hydrogens (tertiary/aromatic N) is 5. The van der Waals surface area contributed by atoms with Crippen LogP contribution in [0.15, 0.2) is 46.4 Å². The number of furan rings is 1. The maximum atomic E-state index is 12.5. The molecular formula is C21H18N6O4S. The maximum absolute atomic E-state index is 12.5. The van der Waals surface area contributed by atoms with Crippen LogP contribution in [0.3, 0.4) is 0 Å². The Morgan fingerprint density at radius 3 is 2.81 bits per heavy atom. The van der Waals surface area contributed by atoms with Gasteiger partial charge in [-0.05, 0) is 31.4 Å². The van der Waals surface area contributed by atoms with Crippen LogP contribution in [0.5, 0.6) is 0 Å². The second-order valence-electron chi connectivity index (χ2n) is 7.07. The van der Waals surface area contributed by atoms with Crippen molar-refractivity contribution < 1.29 is 14.1 Å². The molecule has 0 radical (unpaired) electrons.